The van der Waals surface area contributed by atoms with Gasteiger partial charge in [0.15, 0.2) is 6.61 Å². The fourth-order valence-electron chi connectivity index (χ4n) is 3.39. The van der Waals surface area contributed by atoms with Crippen LogP contribution < -0.4 is 10.2 Å². The van der Waals surface area contributed by atoms with E-state index in [-0.39, 0.29) is 23.7 Å². The molecule has 0 N–H and O–H groups in total. The zero-order valence-corrected chi connectivity index (χ0v) is 16.8. The summed E-state index contributed by atoms with van der Waals surface area (Å²) in [6, 6.07) is 7.58. The minimum atomic E-state index is -0.391. The van der Waals surface area contributed by atoms with E-state index in [1.165, 1.54) is 0 Å². The molecular formula is C20H30BNO5. The van der Waals surface area contributed by atoms with Crippen LogP contribution in [0.4, 0.5) is 0 Å². The molecule has 0 spiro atoms. The van der Waals surface area contributed by atoms with E-state index in [2.05, 4.69) is 27.7 Å². The first-order valence-electron chi connectivity index (χ1n) is 9.78. The van der Waals surface area contributed by atoms with Crippen LogP contribution in [0.2, 0.25) is 0 Å². The smallest absolute Gasteiger partial charge is 0.484 e. The molecule has 0 aromatic heterocycles. The van der Waals surface area contributed by atoms with Gasteiger partial charge in [0, 0.05) is 19.7 Å². The minimum Gasteiger partial charge on any atom is -0.484 e. The van der Waals surface area contributed by atoms with Gasteiger partial charge in [-0.15, -0.1) is 0 Å². The molecule has 2 aliphatic rings. The van der Waals surface area contributed by atoms with Crippen LogP contribution in [-0.4, -0.2) is 62.0 Å². The van der Waals surface area contributed by atoms with E-state index in [1.54, 1.807) is 4.90 Å². The molecule has 2 aliphatic heterocycles. The Bertz CT molecular complexity index is 642. The van der Waals surface area contributed by atoms with E-state index < -0.39 is 7.12 Å². The van der Waals surface area contributed by atoms with Crippen molar-refractivity contribution < 1.29 is 23.6 Å². The molecule has 3 rings (SSSR count). The van der Waals surface area contributed by atoms with Crippen LogP contribution in [-0.2, 0) is 18.8 Å². The highest BCUT2D eigenvalue weighted by molar-refractivity contribution is 6.62. The van der Waals surface area contributed by atoms with Gasteiger partial charge in [0.25, 0.3) is 5.91 Å². The van der Waals surface area contributed by atoms with Gasteiger partial charge in [0.1, 0.15) is 5.75 Å². The van der Waals surface area contributed by atoms with Crippen molar-refractivity contribution in [2.75, 3.05) is 32.9 Å². The van der Waals surface area contributed by atoms with Crippen molar-refractivity contribution in [2.24, 2.45) is 0 Å². The first-order valence-corrected chi connectivity index (χ1v) is 9.78. The second-order valence-corrected chi connectivity index (χ2v) is 7.87. The maximum absolute atomic E-state index is 12.3. The van der Waals surface area contributed by atoms with Gasteiger partial charge < -0.3 is 23.7 Å². The fraction of sp³-hybridized carbons (Fsp3) is 0.650. The highest BCUT2D eigenvalue weighted by atomic mass is 16.7. The molecule has 0 saturated carbocycles. The number of rotatable bonds is 5. The molecule has 1 aromatic carbocycles. The van der Waals surface area contributed by atoms with E-state index in [0.717, 1.165) is 24.8 Å². The summed E-state index contributed by atoms with van der Waals surface area (Å²) in [5.74, 6) is 0.654. The van der Waals surface area contributed by atoms with E-state index >= 15 is 0 Å². The van der Waals surface area contributed by atoms with E-state index in [1.807, 2.05) is 24.3 Å². The van der Waals surface area contributed by atoms with Crippen LogP contribution in [0.1, 0.15) is 40.5 Å². The lowest BCUT2D eigenvalue weighted by atomic mass is 9.79. The quantitative estimate of drug-likeness (QED) is 0.737. The second-order valence-electron chi connectivity index (χ2n) is 7.87. The third-order valence-corrected chi connectivity index (χ3v) is 5.81. The van der Waals surface area contributed by atoms with Gasteiger partial charge in [-0.2, -0.15) is 0 Å². The van der Waals surface area contributed by atoms with Gasteiger partial charge in [0.2, 0.25) is 0 Å². The molecule has 1 atom stereocenters. The Balaban J connectivity index is 1.55. The highest BCUT2D eigenvalue weighted by Gasteiger charge is 2.53. The summed E-state index contributed by atoms with van der Waals surface area (Å²) >= 11 is 0. The topological polar surface area (TPSA) is 57.2 Å². The average Bonchev–Trinajstić information content (AvgIpc) is 2.84. The Hall–Kier alpha value is -1.57. The summed E-state index contributed by atoms with van der Waals surface area (Å²) in [4.78, 5) is 14.1. The third kappa shape index (κ3) is 4.47. The van der Waals surface area contributed by atoms with Gasteiger partial charge in [-0.1, -0.05) is 19.1 Å². The van der Waals surface area contributed by atoms with Gasteiger partial charge >= 0.3 is 7.12 Å². The Morgan fingerprint density at radius 2 is 1.89 bits per heavy atom. The fourth-order valence-corrected chi connectivity index (χ4v) is 3.39. The molecule has 1 unspecified atom stereocenters. The standard InChI is InChI=1S/C20H30BNO5/c1-5-20(4)19(2,3)26-21(27-20)16-7-9-17(10-8-16)25-15-18(23)22-11-6-13-24-14-12-22/h7-10H,5-6,11-15H2,1-4H3. The lowest BCUT2D eigenvalue weighted by Gasteiger charge is -2.35. The molecule has 7 heteroatoms. The summed E-state index contributed by atoms with van der Waals surface area (Å²) in [7, 11) is -0.391. The van der Waals surface area contributed by atoms with Crippen molar-refractivity contribution in [3.05, 3.63) is 24.3 Å². The van der Waals surface area contributed by atoms with Crippen LogP contribution in [0.5, 0.6) is 5.75 Å². The van der Waals surface area contributed by atoms with Crippen LogP contribution in [0.15, 0.2) is 24.3 Å². The van der Waals surface area contributed by atoms with Crippen molar-refractivity contribution >= 4 is 18.5 Å². The molecule has 1 amide bonds. The SMILES string of the molecule is CCC1(C)OB(c2ccc(OCC(=O)N3CCCOCC3)cc2)OC1(C)C. The first kappa shape index (κ1) is 20.2. The van der Waals surface area contributed by atoms with Crippen molar-refractivity contribution in [1.82, 2.24) is 4.90 Å². The molecule has 2 heterocycles. The van der Waals surface area contributed by atoms with E-state index in [0.29, 0.717) is 25.5 Å². The van der Waals surface area contributed by atoms with Gasteiger partial charge in [0.05, 0.1) is 17.8 Å². The number of benzene rings is 1. The normalized spacial score (nSPS) is 25.3. The second kappa shape index (κ2) is 8.21. The van der Waals surface area contributed by atoms with Crippen LogP contribution >= 0.6 is 0 Å². The van der Waals surface area contributed by atoms with Crippen molar-refractivity contribution in [3.8, 4) is 5.75 Å². The van der Waals surface area contributed by atoms with E-state index in [4.69, 9.17) is 18.8 Å². The number of carbonyl (C=O) groups excluding carboxylic acids is 1. The zero-order chi connectivity index (χ0) is 19.5. The Morgan fingerprint density at radius 3 is 2.56 bits per heavy atom. The number of hydrogen-bond acceptors (Lipinski definition) is 5. The molecular weight excluding hydrogens is 345 g/mol. The zero-order valence-electron chi connectivity index (χ0n) is 16.8. The predicted octanol–water partition coefficient (Wildman–Crippen LogP) is 2.00. The Labute approximate surface area is 162 Å². The van der Waals surface area contributed by atoms with Crippen LogP contribution in [0.25, 0.3) is 0 Å². The van der Waals surface area contributed by atoms with Crippen molar-refractivity contribution in [3.63, 3.8) is 0 Å². The summed E-state index contributed by atoms with van der Waals surface area (Å²) in [5.41, 5.74) is 0.268. The summed E-state index contributed by atoms with van der Waals surface area (Å²) in [6.07, 6.45) is 1.75. The molecule has 0 bridgehead atoms. The molecule has 0 radical (unpaired) electrons. The molecule has 148 valence electrons. The van der Waals surface area contributed by atoms with Crippen molar-refractivity contribution in [1.29, 1.82) is 0 Å². The summed E-state index contributed by atoms with van der Waals surface area (Å²) in [5, 5.41) is 0. The Kier molecular flexibility index (Phi) is 6.13. The highest BCUT2D eigenvalue weighted by Crippen LogP contribution is 2.39. The number of amides is 1. The molecule has 2 saturated heterocycles. The Morgan fingerprint density at radius 1 is 1.15 bits per heavy atom. The maximum Gasteiger partial charge on any atom is 0.494 e. The van der Waals surface area contributed by atoms with Crippen LogP contribution in [0, 0.1) is 0 Å². The lowest BCUT2D eigenvalue weighted by molar-refractivity contribution is -0.133. The number of hydrogen-bond donors (Lipinski definition) is 0. The average molecular weight is 375 g/mol. The third-order valence-electron chi connectivity index (χ3n) is 5.81. The molecule has 6 nitrogen and oxygen atoms in total. The first-order chi connectivity index (χ1) is 12.8. The molecule has 0 aliphatic carbocycles. The predicted molar refractivity (Wildman–Crippen MR) is 104 cm³/mol. The molecule has 27 heavy (non-hydrogen) atoms. The maximum atomic E-state index is 12.3. The van der Waals surface area contributed by atoms with Crippen molar-refractivity contribution in [2.45, 2.75) is 51.7 Å². The number of ether oxygens (including phenoxy) is 2. The largest absolute Gasteiger partial charge is 0.494 e. The summed E-state index contributed by atoms with van der Waals surface area (Å²) < 4.78 is 23.4. The van der Waals surface area contributed by atoms with Gasteiger partial charge in [-0.25, -0.2) is 0 Å². The van der Waals surface area contributed by atoms with Gasteiger partial charge in [-0.3, -0.25) is 4.79 Å². The number of nitrogens with zero attached hydrogens (tertiary/aromatic N) is 1. The van der Waals surface area contributed by atoms with E-state index in [9.17, 15) is 4.79 Å². The monoisotopic (exact) mass is 375 g/mol. The lowest BCUT2D eigenvalue weighted by Crippen LogP contribution is -2.44. The van der Waals surface area contributed by atoms with Gasteiger partial charge in [-0.05, 0) is 51.2 Å². The minimum absolute atomic E-state index is 0.00695. The van der Waals surface area contributed by atoms with Crippen LogP contribution in [0.3, 0.4) is 0 Å². The molecule has 1 aromatic rings. The summed E-state index contributed by atoms with van der Waals surface area (Å²) in [6.45, 7) is 11.0. The molecule has 2 fully saturated rings. The number of carbonyl (C=O) groups is 1.